The van der Waals surface area contributed by atoms with Gasteiger partial charge in [-0.1, -0.05) is 44.0 Å². The highest BCUT2D eigenvalue weighted by molar-refractivity contribution is 5.18. The second kappa shape index (κ2) is 8.85. The molecule has 0 saturated heterocycles. The van der Waals surface area contributed by atoms with Crippen LogP contribution in [0.4, 0.5) is 0 Å². The average Bonchev–Trinajstić information content (AvgIpc) is 2.17. The Morgan fingerprint density at radius 1 is 1.31 bits per heavy atom. The molecule has 1 aromatic rings. The van der Waals surface area contributed by atoms with Crippen molar-refractivity contribution in [3.05, 3.63) is 43.0 Å². The van der Waals surface area contributed by atoms with Crippen LogP contribution in [0.2, 0.25) is 0 Å². The first-order valence-corrected chi connectivity index (χ1v) is 4.66. The van der Waals surface area contributed by atoms with Crippen molar-refractivity contribution in [1.29, 1.82) is 0 Å². The molecule has 13 heavy (non-hydrogen) atoms. The van der Waals surface area contributed by atoms with Crippen LogP contribution in [0.3, 0.4) is 0 Å². The Morgan fingerprint density at radius 2 is 1.92 bits per heavy atom. The molecule has 0 radical (unpaired) electrons. The summed E-state index contributed by atoms with van der Waals surface area (Å²) < 4.78 is 0. The highest BCUT2D eigenvalue weighted by atomic mass is 16.3. The quantitative estimate of drug-likeness (QED) is 0.552. The molecule has 0 unspecified atom stereocenters. The lowest BCUT2D eigenvalue weighted by molar-refractivity contribution is 0.475. The lowest BCUT2D eigenvalue weighted by Gasteiger charge is -1.82. The largest absolute Gasteiger partial charge is 0.508 e. The second-order valence-electron chi connectivity index (χ2n) is 2.77. The minimum absolute atomic E-state index is 0.322. The zero-order chi connectivity index (χ0) is 9.94. The van der Waals surface area contributed by atoms with Crippen LogP contribution < -0.4 is 0 Å². The van der Waals surface area contributed by atoms with Crippen molar-refractivity contribution in [1.82, 2.24) is 0 Å². The standard InChI is InChI=1S/C6H6O.C6H12/c7-6-4-2-1-3-5-6;1-3-5-6-4-2/h1-5,7H;3H,1,4-6H2,2H3. The van der Waals surface area contributed by atoms with Crippen LogP contribution in [0.1, 0.15) is 26.2 Å². The summed E-state index contributed by atoms with van der Waals surface area (Å²) in [6.07, 6.45) is 5.72. The molecule has 0 saturated carbocycles. The highest BCUT2D eigenvalue weighted by Crippen LogP contribution is 2.02. The third-order valence-electron chi connectivity index (χ3n) is 1.52. The zero-order valence-electron chi connectivity index (χ0n) is 8.24. The van der Waals surface area contributed by atoms with Gasteiger partial charge in [-0.2, -0.15) is 0 Å². The van der Waals surface area contributed by atoms with Gasteiger partial charge in [0.15, 0.2) is 0 Å². The van der Waals surface area contributed by atoms with Gasteiger partial charge in [-0.15, -0.1) is 6.58 Å². The van der Waals surface area contributed by atoms with Crippen molar-refractivity contribution in [2.75, 3.05) is 0 Å². The van der Waals surface area contributed by atoms with Gasteiger partial charge in [0.05, 0.1) is 0 Å². The van der Waals surface area contributed by atoms with E-state index in [9.17, 15) is 0 Å². The van der Waals surface area contributed by atoms with E-state index in [1.165, 1.54) is 19.3 Å². The normalized spacial score (nSPS) is 8.38. The van der Waals surface area contributed by atoms with Crippen molar-refractivity contribution < 1.29 is 5.11 Å². The predicted octanol–water partition coefficient (Wildman–Crippen LogP) is 3.75. The maximum Gasteiger partial charge on any atom is 0.115 e. The fourth-order valence-corrected chi connectivity index (χ4v) is 0.776. The third-order valence-corrected chi connectivity index (χ3v) is 1.52. The summed E-state index contributed by atoms with van der Waals surface area (Å²) in [4.78, 5) is 0. The number of para-hydroxylation sites is 1. The molecule has 1 nitrogen and oxygen atoms in total. The molecule has 1 aromatic carbocycles. The third kappa shape index (κ3) is 8.67. The van der Waals surface area contributed by atoms with Crippen molar-refractivity contribution in [2.24, 2.45) is 0 Å². The smallest absolute Gasteiger partial charge is 0.115 e. The molecule has 0 heterocycles. The van der Waals surface area contributed by atoms with Gasteiger partial charge < -0.3 is 5.11 Å². The van der Waals surface area contributed by atoms with E-state index >= 15 is 0 Å². The minimum Gasteiger partial charge on any atom is -0.508 e. The second-order valence-corrected chi connectivity index (χ2v) is 2.77. The summed E-state index contributed by atoms with van der Waals surface area (Å²) in [5.74, 6) is 0.322. The van der Waals surface area contributed by atoms with E-state index in [0.717, 1.165) is 0 Å². The van der Waals surface area contributed by atoms with Gasteiger partial charge in [-0.05, 0) is 18.6 Å². The van der Waals surface area contributed by atoms with Crippen LogP contribution in [0.15, 0.2) is 43.0 Å². The van der Waals surface area contributed by atoms with Gasteiger partial charge >= 0.3 is 0 Å². The lowest BCUT2D eigenvalue weighted by atomic mass is 10.3. The van der Waals surface area contributed by atoms with Gasteiger partial charge in [0, 0.05) is 0 Å². The van der Waals surface area contributed by atoms with Crippen LogP contribution >= 0.6 is 0 Å². The molecule has 0 aromatic heterocycles. The summed E-state index contributed by atoms with van der Waals surface area (Å²) in [7, 11) is 0. The molecule has 0 amide bonds. The number of aromatic hydroxyl groups is 1. The number of rotatable bonds is 3. The Balaban J connectivity index is 0.000000226. The molecule has 1 heteroatoms. The molecule has 0 aliphatic carbocycles. The van der Waals surface area contributed by atoms with E-state index in [1.54, 1.807) is 24.3 Å². The van der Waals surface area contributed by atoms with Crippen molar-refractivity contribution >= 4 is 0 Å². The highest BCUT2D eigenvalue weighted by Gasteiger charge is 1.74. The van der Waals surface area contributed by atoms with Crippen molar-refractivity contribution in [3.8, 4) is 5.75 Å². The Kier molecular flexibility index (Phi) is 8.01. The van der Waals surface area contributed by atoms with Gasteiger partial charge in [0.25, 0.3) is 0 Å². The number of phenolic OH excluding ortho intramolecular Hbond substituents is 1. The maximum absolute atomic E-state index is 8.63. The molecule has 0 aliphatic heterocycles. The Hall–Kier alpha value is -1.24. The maximum atomic E-state index is 8.63. The fourth-order valence-electron chi connectivity index (χ4n) is 0.776. The minimum atomic E-state index is 0.322. The lowest BCUT2D eigenvalue weighted by Crippen LogP contribution is -1.61. The Morgan fingerprint density at radius 3 is 2.15 bits per heavy atom. The van der Waals surface area contributed by atoms with E-state index in [4.69, 9.17) is 5.11 Å². The van der Waals surface area contributed by atoms with Crippen molar-refractivity contribution in [3.63, 3.8) is 0 Å². The average molecular weight is 178 g/mol. The number of hydrogen-bond donors (Lipinski definition) is 1. The van der Waals surface area contributed by atoms with Gasteiger partial charge in [0.2, 0.25) is 0 Å². The van der Waals surface area contributed by atoms with Crippen LogP contribution in [0, 0.1) is 0 Å². The van der Waals surface area contributed by atoms with Gasteiger partial charge in [-0.3, -0.25) is 0 Å². The van der Waals surface area contributed by atoms with Crippen LogP contribution in [-0.2, 0) is 0 Å². The molecule has 0 spiro atoms. The predicted molar refractivity (Wildman–Crippen MR) is 57.8 cm³/mol. The fraction of sp³-hybridized carbons (Fsp3) is 0.333. The van der Waals surface area contributed by atoms with Crippen LogP contribution in [0.25, 0.3) is 0 Å². The monoisotopic (exact) mass is 178 g/mol. The number of unbranched alkanes of at least 4 members (excludes halogenated alkanes) is 2. The van der Waals surface area contributed by atoms with Gasteiger partial charge in [-0.25, -0.2) is 0 Å². The first-order valence-electron chi connectivity index (χ1n) is 4.66. The first kappa shape index (κ1) is 11.8. The topological polar surface area (TPSA) is 20.2 Å². The number of hydrogen-bond acceptors (Lipinski definition) is 1. The molecule has 0 fully saturated rings. The van der Waals surface area contributed by atoms with Gasteiger partial charge in [0.1, 0.15) is 5.75 Å². The molecular weight excluding hydrogens is 160 g/mol. The summed E-state index contributed by atoms with van der Waals surface area (Å²) in [5.41, 5.74) is 0. The summed E-state index contributed by atoms with van der Waals surface area (Å²) in [5, 5.41) is 8.63. The number of benzene rings is 1. The van der Waals surface area contributed by atoms with Crippen LogP contribution in [-0.4, -0.2) is 5.11 Å². The van der Waals surface area contributed by atoms with E-state index in [2.05, 4.69) is 13.5 Å². The SMILES string of the molecule is C=CCCCC.Oc1ccccc1. The molecule has 1 rings (SSSR count). The van der Waals surface area contributed by atoms with Crippen LogP contribution in [0.5, 0.6) is 5.75 Å². The summed E-state index contributed by atoms with van der Waals surface area (Å²) >= 11 is 0. The number of phenols is 1. The van der Waals surface area contributed by atoms with E-state index < -0.39 is 0 Å². The first-order chi connectivity index (χ1) is 6.31. The molecule has 0 atom stereocenters. The van der Waals surface area contributed by atoms with E-state index in [1.807, 2.05) is 12.1 Å². The summed E-state index contributed by atoms with van der Waals surface area (Å²) in [6.45, 7) is 5.78. The van der Waals surface area contributed by atoms with E-state index in [0.29, 0.717) is 5.75 Å². The Bertz CT molecular complexity index is 204. The molecule has 0 aliphatic rings. The zero-order valence-corrected chi connectivity index (χ0v) is 8.24. The Labute approximate surface area is 80.7 Å². The summed E-state index contributed by atoms with van der Waals surface area (Å²) in [6, 6.07) is 8.71. The molecule has 72 valence electrons. The molecule has 0 bridgehead atoms. The molecular formula is C12H18O. The number of allylic oxidation sites excluding steroid dienone is 1. The van der Waals surface area contributed by atoms with E-state index in [-0.39, 0.29) is 0 Å². The van der Waals surface area contributed by atoms with Crippen molar-refractivity contribution in [2.45, 2.75) is 26.2 Å². The molecule has 1 N–H and O–H groups in total.